The molecule has 0 radical (unpaired) electrons. The number of rotatable bonds is 11. The number of nitriles is 1. The van der Waals surface area contributed by atoms with Gasteiger partial charge in [0.05, 0.1) is 10.2 Å². The van der Waals surface area contributed by atoms with Crippen molar-refractivity contribution < 1.29 is 23.4 Å². The second kappa shape index (κ2) is 14.5. The third kappa shape index (κ3) is 8.46. The molecule has 0 bridgehead atoms. The molecular formula is C32H25ClFIN2O4. The van der Waals surface area contributed by atoms with Gasteiger partial charge in [0.25, 0.3) is 5.91 Å². The molecule has 0 aromatic heterocycles. The second-order valence-electron chi connectivity index (χ2n) is 8.71. The Balaban J connectivity index is 1.44. The predicted molar refractivity (Wildman–Crippen MR) is 166 cm³/mol. The van der Waals surface area contributed by atoms with Gasteiger partial charge < -0.3 is 19.5 Å². The fourth-order valence-corrected chi connectivity index (χ4v) is 4.71. The second-order valence-corrected chi connectivity index (χ2v) is 10.3. The largest absolute Gasteiger partial charge is 0.490 e. The van der Waals surface area contributed by atoms with E-state index in [-0.39, 0.29) is 18.0 Å². The average molecular weight is 683 g/mol. The van der Waals surface area contributed by atoms with Crippen LogP contribution in [0, 0.1) is 20.7 Å². The first-order valence-electron chi connectivity index (χ1n) is 12.6. The molecule has 4 aromatic rings. The number of carbonyl (C=O) groups excluding carboxylic acids is 1. The Kier molecular flexibility index (Phi) is 10.6. The monoisotopic (exact) mass is 682 g/mol. The highest BCUT2D eigenvalue weighted by Crippen LogP contribution is 2.35. The van der Waals surface area contributed by atoms with Crippen molar-refractivity contribution in [2.24, 2.45) is 0 Å². The van der Waals surface area contributed by atoms with Gasteiger partial charge in [-0.3, -0.25) is 4.79 Å². The van der Waals surface area contributed by atoms with Crippen LogP contribution in [0.2, 0.25) is 5.02 Å². The van der Waals surface area contributed by atoms with Gasteiger partial charge in [-0.15, -0.1) is 0 Å². The summed E-state index contributed by atoms with van der Waals surface area (Å²) in [6, 6.07) is 25.8. The van der Waals surface area contributed by atoms with Crippen LogP contribution in [-0.2, 0) is 18.0 Å². The van der Waals surface area contributed by atoms with Crippen molar-refractivity contribution in [1.29, 1.82) is 5.26 Å². The smallest absolute Gasteiger partial charge is 0.266 e. The molecule has 1 amide bonds. The SMILES string of the molecule is CCOc1cc(/C=C(\C#N)C(=O)Nc2ccc(OCc3ccccc3Cl)cc2)cc(I)c1OCc1ccc(F)cc1. The first-order valence-corrected chi connectivity index (χ1v) is 14.0. The maximum Gasteiger partial charge on any atom is 0.266 e. The number of nitrogens with zero attached hydrogens (tertiary/aromatic N) is 1. The highest BCUT2D eigenvalue weighted by atomic mass is 127. The van der Waals surface area contributed by atoms with Crippen molar-refractivity contribution in [3.63, 3.8) is 0 Å². The van der Waals surface area contributed by atoms with Gasteiger partial charge in [-0.1, -0.05) is 41.9 Å². The molecule has 41 heavy (non-hydrogen) atoms. The number of ether oxygens (including phenoxy) is 3. The highest BCUT2D eigenvalue weighted by molar-refractivity contribution is 14.1. The normalized spacial score (nSPS) is 11.0. The summed E-state index contributed by atoms with van der Waals surface area (Å²) in [5.74, 6) is 0.731. The lowest BCUT2D eigenvalue weighted by molar-refractivity contribution is -0.112. The van der Waals surface area contributed by atoms with Gasteiger partial charge in [-0.25, -0.2) is 4.39 Å². The van der Waals surface area contributed by atoms with Gasteiger partial charge in [-0.05, 0) is 101 Å². The van der Waals surface area contributed by atoms with Gasteiger partial charge in [0.2, 0.25) is 0 Å². The molecule has 0 saturated heterocycles. The van der Waals surface area contributed by atoms with Gasteiger partial charge in [0, 0.05) is 16.3 Å². The first kappa shape index (κ1) is 29.9. The molecule has 0 spiro atoms. The zero-order valence-electron chi connectivity index (χ0n) is 22.0. The number of halogens is 3. The zero-order chi connectivity index (χ0) is 29.2. The summed E-state index contributed by atoms with van der Waals surface area (Å²) in [4.78, 5) is 12.9. The summed E-state index contributed by atoms with van der Waals surface area (Å²) < 4.78 is 31.5. The van der Waals surface area contributed by atoms with Crippen LogP contribution in [0.5, 0.6) is 17.2 Å². The van der Waals surface area contributed by atoms with Crippen LogP contribution in [0.1, 0.15) is 23.6 Å². The Morgan fingerprint density at radius 2 is 1.73 bits per heavy atom. The Labute approximate surface area is 256 Å². The van der Waals surface area contributed by atoms with E-state index in [0.29, 0.717) is 46.7 Å². The van der Waals surface area contributed by atoms with E-state index in [1.807, 2.05) is 31.2 Å². The van der Waals surface area contributed by atoms with E-state index in [2.05, 4.69) is 27.9 Å². The molecule has 0 aliphatic carbocycles. The van der Waals surface area contributed by atoms with Crippen LogP contribution >= 0.6 is 34.2 Å². The Bertz CT molecular complexity index is 1590. The third-order valence-electron chi connectivity index (χ3n) is 5.77. The number of nitrogens with one attached hydrogen (secondary N) is 1. The number of benzene rings is 4. The van der Waals surface area contributed by atoms with Crippen LogP contribution in [0.15, 0.2) is 90.5 Å². The van der Waals surface area contributed by atoms with Gasteiger partial charge in [-0.2, -0.15) is 5.26 Å². The minimum absolute atomic E-state index is 0.0812. The lowest BCUT2D eigenvalue weighted by Gasteiger charge is -2.15. The molecule has 4 rings (SSSR count). The Hall–Kier alpha value is -4.07. The van der Waals surface area contributed by atoms with Crippen molar-refractivity contribution in [1.82, 2.24) is 0 Å². The summed E-state index contributed by atoms with van der Waals surface area (Å²) >= 11 is 8.29. The van der Waals surface area contributed by atoms with Crippen LogP contribution in [0.4, 0.5) is 10.1 Å². The standard InChI is InChI=1S/C32H25ClFIN2O4/c1-2-39-30-17-22(16-29(35)31(30)41-19-21-7-9-25(34)10-8-21)15-24(18-36)32(38)37-26-11-13-27(14-12-26)40-20-23-5-3-4-6-28(23)33/h3-17H,2,19-20H2,1H3,(H,37,38)/b24-15+. The molecule has 0 fully saturated rings. The maximum atomic E-state index is 13.2. The van der Waals surface area contributed by atoms with Gasteiger partial charge >= 0.3 is 0 Å². The average Bonchev–Trinajstić information content (AvgIpc) is 2.97. The van der Waals surface area contributed by atoms with Crippen LogP contribution in [0.25, 0.3) is 6.08 Å². The quantitative estimate of drug-likeness (QED) is 0.0981. The molecule has 0 atom stereocenters. The Morgan fingerprint density at radius 3 is 2.41 bits per heavy atom. The topological polar surface area (TPSA) is 80.6 Å². The van der Waals surface area contributed by atoms with E-state index in [1.165, 1.54) is 18.2 Å². The van der Waals surface area contributed by atoms with Crippen molar-refractivity contribution in [3.8, 4) is 23.3 Å². The number of hydrogen-bond donors (Lipinski definition) is 1. The minimum atomic E-state index is -0.554. The molecule has 0 unspecified atom stereocenters. The molecule has 0 aliphatic heterocycles. The van der Waals surface area contributed by atoms with E-state index in [9.17, 15) is 14.4 Å². The van der Waals surface area contributed by atoms with E-state index < -0.39 is 5.91 Å². The lowest BCUT2D eigenvalue weighted by Crippen LogP contribution is -2.13. The molecule has 4 aromatic carbocycles. The molecule has 0 saturated carbocycles. The minimum Gasteiger partial charge on any atom is -0.490 e. The molecule has 208 valence electrons. The molecule has 1 N–H and O–H groups in total. The van der Waals surface area contributed by atoms with Crippen LogP contribution < -0.4 is 19.5 Å². The summed E-state index contributed by atoms with van der Waals surface area (Å²) in [5, 5.41) is 13.1. The van der Waals surface area contributed by atoms with Crippen LogP contribution in [-0.4, -0.2) is 12.5 Å². The molecule has 0 aliphatic rings. The zero-order valence-corrected chi connectivity index (χ0v) is 24.9. The van der Waals surface area contributed by atoms with Gasteiger partial charge in [0.15, 0.2) is 11.5 Å². The molecule has 6 nitrogen and oxygen atoms in total. The van der Waals surface area contributed by atoms with E-state index >= 15 is 0 Å². The molecular weight excluding hydrogens is 658 g/mol. The van der Waals surface area contributed by atoms with E-state index in [1.54, 1.807) is 54.6 Å². The number of hydrogen-bond acceptors (Lipinski definition) is 5. The van der Waals surface area contributed by atoms with Crippen molar-refractivity contribution in [3.05, 3.63) is 122 Å². The highest BCUT2D eigenvalue weighted by Gasteiger charge is 2.15. The summed E-state index contributed by atoms with van der Waals surface area (Å²) in [5.41, 5.74) is 2.70. The van der Waals surface area contributed by atoms with Crippen molar-refractivity contribution in [2.45, 2.75) is 20.1 Å². The molecule has 9 heteroatoms. The van der Waals surface area contributed by atoms with Crippen molar-refractivity contribution in [2.75, 3.05) is 11.9 Å². The van der Waals surface area contributed by atoms with E-state index in [4.69, 9.17) is 25.8 Å². The predicted octanol–water partition coefficient (Wildman–Crippen LogP) is 8.19. The fourth-order valence-electron chi connectivity index (χ4n) is 3.74. The summed E-state index contributed by atoms with van der Waals surface area (Å²) in [6.07, 6.45) is 1.49. The van der Waals surface area contributed by atoms with Crippen LogP contribution in [0.3, 0.4) is 0 Å². The Morgan fingerprint density at radius 1 is 1.00 bits per heavy atom. The number of carbonyl (C=O) groups is 1. The summed E-state index contributed by atoms with van der Waals surface area (Å²) in [6.45, 7) is 2.77. The number of amides is 1. The maximum absolute atomic E-state index is 13.2. The van der Waals surface area contributed by atoms with Crippen molar-refractivity contribution >= 4 is 51.9 Å². The van der Waals surface area contributed by atoms with Gasteiger partial charge in [0.1, 0.15) is 36.4 Å². The fraction of sp³-hybridized carbons (Fsp3) is 0.125. The number of anilines is 1. The van der Waals surface area contributed by atoms with E-state index in [0.717, 1.165) is 14.7 Å². The lowest BCUT2D eigenvalue weighted by atomic mass is 10.1. The third-order valence-corrected chi connectivity index (χ3v) is 6.94. The first-order chi connectivity index (χ1) is 19.9. The molecule has 0 heterocycles. The summed E-state index contributed by atoms with van der Waals surface area (Å²) in [7, 11) is 0.